The summed E-state index contributed by atoms with van der Waals surface area (Å²) >= 11 is 7.35. The average molecular weight is 510 g/mol. The molecule has 1 fully saturated rings. The van der Waals surface area contributed by atoms with Crippen molar-refractivity contribution in [3.63, 3.8) is 0 Å². The van der Waals surface area contributed by atoms with Crippen LogP contribution < -0.4 is 10.1 Å². The number of nitrogens with one attached hydrogen (secondary N) is 1. The van der Waals surface area contributed by atoms with E-state index in [-0.39, 0.29) is 15.5 Å². The molecule has 1 aromatic heterocycles. The van der Waals surface area contributed by atoms with Gasteiger partial charge in [-0.3, -0.25) is 10.1 Å². The summed E-state index contributed by atoms with van der Waals surface area (Å²) in [6.07, 6.45) is 1.55. The molecule has 0 atom stereocenters. The lowest BCUT2D eigenvalue weighted by Gasteiger charge is -2.17. The molecule has 0 aliphatic carbocycles. The molecule has 0 bridgehead atoms. The van der Waals surface area contributed by atoms with Crippen LogP contribution in [0.25, 0.3) is 10.2 Å². The summed E-state index contributed by atoms with van der Waals surface area (Å²) < 4.78 is 38.0. The van der Waals surface area contributed by atoms with Gasteiger partial charge in [0.15, 0.2) is 11.7 Å². The van der Waals surface area contributed by atoms with Crippen molar-refractivity contribution in [2.24, 2.45) is 0 Å². The standard InChI is InChI=1S/C21H20ClN3O6S2/c1-30-14-5-7-16-17(11-14)32-21(23-16)24-19(26)12-31-20(27)13-4-6-15(22)18(10-13)33(28,29)25-8-2-3-9-25/h4-7,10-11H,2-3,8-9,12H2,1H3,(H,23,24,26). The van der Waals surface area contributed by atoms with E-state index in [1.54, 1.807) is 25.3 Å². The van der Waals surface area contributed by atoms with Crippen molar-refractivity contribution in [1.29, 1.82) is 0 Å². The number of thiazole rings is 1. The number of aromatic nitrogens is 1. The van der Waals surface area contributed by atoms with Crippen molar-refractivity contribution in [1.82, 2.24) is 9.29 Å². The molecule has 12 heteroatoms. The first-order chi connectivity index (χ1) is 15.8. The molecule has 1 saturated heterocycles. The van der Waals surface area contributed by atoms with Crippen LogP contribution >= 0.6 is 22.9 Å². The summed E-state index contributed by atoms with van der Waals surface area (Å²) in [5.41, 5.74) is 0.679. The Bertz CT molecular complexity index is 1320. The van der Waals surface area contributed by atoms with Crippen LogP contribution in [0.3, 0.4) is 0 Å². The van der Waals surface area contributed by atoms with E-state index in [2.05, 4.69) is 10.3 Å². The fourth-order valence-corrected chi connectivity index (χ4v) is 6.28. The van der Waals surface area contributed by atoms with Crippen LogP contribution in [0, 0.1) is 0 Å². The molecule has 0 radical (unpaired) electrons. The highest BCUT2D eigenvalue weighted by Gasteiger charge is 2.30. The fraction of sp³-hybridized carbons (Fsp3) is 0.286. The van der Waals surface area contributed by atoms with Crippen molar-refractivity contribution >= 4 is 60.2 Å². The minimum Gasteiger partial charge on any atom is -0.497 e. The summed E-state index contributed by atoms with van der Waals surface area (Å²) in [6.45, 7) is 0.257. The lowest BCUT2D eigenvalue weighted by molar-refractivity contribution is -0.119. The lowest BCUT2D eigenvalue weighted by Crippen LogP contribution is -2.28. The molecule has 0 unspecified atom stereocenters. The van der Waals surface area contributed by atoms with Gasteiger partial charge in [0, 0.05) is 13.1 Å². The van der Waals surface area contributed by atoms with Gasteiger partial charge >= 0.3 is 5.97 Å². The second kappa shape index (κ2) is 9.64. The molecule has 33 heavy (non-hydrogen) atoms. The van der Waals surface area contributed by atoms with Gasteiger partial charge in [0.2, 0.25) is 10.0 Å². The maximum Gasteiger partial charge on any atom is 0.338 e. The molecule has 2 heterocycles. The lowest BCUT2D eigenvalue weighted by atomic mass is 10.2. The largest absolute Gasteiger partial charge is 0.497 e. The van der Waals surface area contributed by atoms with Crippen molar-refractivity contribution < 1.29 is 27.5 Å². The third-order valence-corrected chi connectivity index (χ3v) is 8.34. The van der Waals surface area contributed by atoms with Gasteiger partial charge in [-0.1, -0.05) is 22.9 Å². The SMILES string of the molecule is COc1ccc2nc(NC(=O)COC(=O)c3ccc(Cl)c(S(=O)(=O)N4CCCC4)c3)sc2c1. The van der Waals surface area contributed by atoms with Crippen molar-refractivity contribution in [3.8, 4) is 5.75 Å². The Balaban J connectivity index is 1.41. The Kier molecular flexibility index (Phi) is 6.84. The Labute approximate surface area is 199 Å². The maximum atomic E-state index is 12.8. The van der Waals surface area contributed by atoms with E-state index < -0.39 is 28.5 Å². The number of ether oxygens (including phenoxy) is 2. The van der Waals surface area contributed by atoms with E-state index in [0.29, 0.717) is 29.5 Å². The number of hydrogen-bond donors (Lipinski definition) is 1. The first-order valence-electron chi connectivity index (χ1n) is 9.99. The molecule has 1 aliphatic heterocycles. The van der Waals surface area contributed by atoms with E-state index in [1.165, 1.54) is 33.8 Å². The summed E-state index contributed by atoms with van der Waals surface area (Å²) in [4.78, 5) is 28.8. The minimum atomic E-state index is -3.82. The predicted molar refractivity (Wildman–Crippen MR) is 125 cm³/mol. The van der Waals surface area contributed by atoms with Crippen LogP contribution in [-0.4, -0.2) is 56.4 Å². The quantitative estimate of drug-likeness (QED) is 0.484. The zero-order valence-corrected chi connectivity index (χ0v) is 19.9. The molecule has 1 amide bonds. The number of amides is 1. The molecule has 2 aromatic carbocycles. The number of methoxy groups -OCH3 is 1. The average Bonchev–Trinajstić information content (AvgIpc) is 3.47. The Morgan fingerprint density at radius 2 is 1.94 bits per heavy atom. The van der Waals surface area contributed by atoms with Gasteiger partial charge in [-0.2, -0.15) is 4.31 Å². The highest BCUT2D eigenvalue weighted by Crippen LogP contribution is 2.30. The highest BCUT2D eigenvalue weighted by atomic mass is 35.5. The van der Waals surface area contributed by atoms with Crippen LogP contribution in [0.15, 0.2) is 41.3 Å². The number of anilines is 1. The number of rotatable bonds is 7. The number of carbonyl (C=O) groups is 2. The van der Waals surface area contributed by atoms with Gasteiger partial charge in [0.1, 0.15) is 10.6 Å². The number of halogens is 1. The Morgan fingerprint density at radius 1 is 1.18 bits per heavy atom. The first kappa shape index (κ1) is 23.4. The van der Waals surface area contributed by atoms with Gasteiger partial charge in [0.05, 0.1) is 27.9 Å². The number of hydrogen-bond acceptors (Lipinski definition) is 8. The highest BCUT2D eigenvalue weighted by molar-refractivity contribution is 7.89. The van der Waals surface area contributed by atoms with Crippen molar-refractivity contribution in [2.45, 2.75) is 17.7 Å². The summed E-state index contributed by atoms with van der Waals surface area (Å²) in [5, 5.41) is 2.95. The van der Waals surface area contributed by atoms with Gasteiger partial charge < -0.3 is 9.47 Å². The van der Waals surface area contributed by atoms with Gasteiger partial charge in [0.25, 0.3) is 5.91 Å². The number of esters is 1. The topological polar surface area (TPSA) is 115 Å². The Morgan fingerprint density at radius 3 is 2.67 bits per heavy atom. The smallest absolute Gasteiger partial charge is 0.338 e. The zero-order valence-electron chi connectivity index (χ0n) is 17.5. The summed E-state index contributed by atoms with van der Waals surface area (Å²) in [7, 11) is -2.26. The van der Waals surface area contributed by atoms with Crippen LogP contribution in [0.2, 0.25) is 5.02 Å². The van der Waals surface area contributed by atoms with Crippen molar-refractivity contribution in [2.75, 3.05) is 32.1 Å². The van der Waals surface area contributed by atoms with E-state index in [0.717, 1.165) is 17.5 Å². The molecule has 1 aliphatic rings. The first-order valence-corrected chi connectivity index (χ1v) is 12.6. The molecule has 0 saturated carbocycles. The molecule has 174 valence electrons. The van der Waals surface area contributed by atoms with E-state index >= 15 is 0 Å². The summed E-state index contributed by atoms with van der Waals surface area (Å²) in [5.74, 6) is -0.742. The molecule has 9 nitrogen and oxygen atoms in total. The molecular weight excluding hydrogens is 490 g/mol. The molecule has 3 aromatic rings. The molecule has 1 N–H and O–H groups in total. The Hall–Kier alpha value is -2.73. The summed E-state index contributed by atoms with van der Waals surface area (Å²) in [6, 6.07) is 9.20. The number of sulfonamides is 1. The van der Waals surface area contributed by atoms with E-state index in [9.17, 15) is 18.0 Å². The van der Waals surface area contributed by atoms with Crippen LogP contribution in [-0.2, 0) is 19.6 Å². The van der Waals surface area contributed by atoms with Gasteiger partial charge in [-0.15, -0.1) is 0 Å². The minimum absolute atomic E-state index is 0.0166. The number of carbonyl (C=O) groups excluding carboxylic acids is 2. The zero-order chi connectivity index (χ0) is 23.6. The van der Waals surface area contributed by atoms with Crippen LogP contribution in [0.4, 0.5) is 5.13 Å². The monoisotopic (exact) mass is 509 g/mol. The maximum absolute atomic E-state index is 12.8. The normalized spacial score (nSPS) is 14.4. The van der Waals surface area contributed by atoms with E-state index in [4.69, 9.17) is 21.1 Å². The number of nitrogens with zero attached hydrogens (tertiary/aromatic N) is 2. The molecule has 4 rings (SSSR count). The van der Waals surface area contributed by atoms with Gasteiger partial charge in [-0.25, -0.2) is 18.2 Å². The third kappa shape index (κ3) is 5.11. The van der Waals surface area contributed by atoms with Crippen molar-refractivity contribution in [3.05, 3.63) is 47.0 Å². The number of fused-ring (bicyclic) bond motifs is 1. The molecule has 0 spiro atoms. The second-order valence-electron chi connectivity index (χ2n) is 7.23. The predicted octanol–water partition coefficient (Wildman–Crippen LogP) is 3.54. The van der Waals surface area contributed by atoms with Crippen LogP contribution in [0.1, 0.15) is 23.2 Å². The second-order valence-corrected chi connectivity index (χ2v) is 10.6. The van der Waals surface area contributed by atoms with Gasteiger partial charge in [-0.05, 0) is 49.2 Å². The molecular formula is C21H20ClN3O6S2. The van der Waals surface area contributed by atoms with Crippen LogP contribution in [0.5, 0.6) is 5.75 Å². The fourth-order valence-electron chi connectivity index (χ4n) is 3.35. The number of benzene rings is 2. The van der Waals surface area contributed by atoms with E-state index in [1.807, 2.05) is 0 Å². The third-order valence-electron chi connectivity index (χ3n) is 5.03.